The van der Waals surface area contributed by atoms with Crippen molar-refractivity contribution in [1.82, 2.24) is 14.7 Å². The maximum atomic E-state index is 12.1. The van der Waals surface area contributed by atoms with E-state index in [4.69, 9.17) is 5.11 Å². The SMILES string of the molecule is O=C(Nc1cccc(CCN2CCCC2)c1)Nc1cnn(CCO)c1. The zero-order valence-electron chi connectivity index (χ0n) is 14.3. The predicted molar refractivity (Wildman–Crippen MR) is 97.8 cm³/mol. The Morgan fingerprint density at radius 1 is 1.16 bits per heavy atom. The van der Waals surface area contributed by atoms with Gasteiger partial charge in [0.25, 0.3) is 0 Å². The van der Waals surface area contributed by atoms with Gasteiger partial charge in [0.2, 0.25) is 0 Å². The summed E-state index contributed by atoms with van der Waals surface area (Å²) in [4.78, 5) is 14.6. The van der Waals surface area contributed by atoms with E-state index in [0.29, 0.717) is 12.2 Å². The molecule has 0 radical (unpaired) electrons. The van der Waals surface area contributed by atoms with E-state index in [1.54, 1.807) is 17.1 Å². The van der Waals surface area contributed by atoms with Crippen molar-refractivity contribution in [2.45, 2.75) is 25.8 Å². The van der Waals surface area contributed by atoms with E-state index >= 15 is 0 Å². The second kappa shape index (κ2) is 8.64. The first-order chi connectivity index (χ1) is 12.2. The molecule has 1 aliphatic heterocycles. The van der Waals surface area contributed by atoms with Gasteiger partial charge in [-0.2, -0.15) is 5.10 Å². The molecular formula is C18H25N5O2. The molecule has 0 atom stereocenters. The molecule has 25 heavy (non-hydrogen) atoms. The number of nitrogens with one attached hydrogen (secondary N) is 2. The number of nitrogens with zero attached hydrogens (tertiary/aromatic N) is 3. The van der Waals surface area contributed by atoms with E-state index < -0.39 is 0 Å². The van der Waals surface area contributed by atoms with Crippen molar-refractivity contribution in [2.75, 3.05) is 36.9 Å². The summed E-state index contributed by atoms with van der Waals surface area (Å²) in [6.07, 6.45) is 6.84. The first-order valence-electron chi connectivity index (χ1n) is 8.75. The second-order valence-electron chi connectivity index (χ2n) is 6.29. The lowest BCUT2D eigenvalue weighted by Gasteiger charge is -2.14. The summed E-state index contributed by atoms with van der Waals surface area (Å²) < 4.78 is 1.58. The molecule has 0 saturated carbocycles. The van der Waals surface area contributed by atoms with Crippen molar-refractivity contribution in [3.63, 3.8) is 0 Å². The average Bonchev–Trinajstić information content (AvgIpc) is 3.26. The van der Waals surface area contributed by atoms with Crippen LogP contribution in [0.3, 0.4) is 0 Å². The molecule has 2 aromatic rings. The van der Waals surface area contributed by atoms with E-state index in [9.17, 15) is 4.79 Å². The van der Waals surface area contributed by atoms with E-state index in [1.807, 2.05) is 18.2 Å². The predicted octanol–water partition coefficient (Wildman–Crippen LogP) is 2.16. The third kappa shape index (κ3) is 5.30. The number of urea groups is 1. The molecule has 1 aromatic carbocycles. The third-order valence-corrected chi connectivity index (χ3v) is 4.32. The van der Waals surface area contributed by atoms with Crippen LogP contribution in [0.1, 0.15) is 18.4 Å². The van der Waals surface area contributed by atoms with E-state index in [1.165, 1.54) is 31.5 Å². The Hall–Kier alpha value is -2.38. The van der Waals surface area contributed by atoms with Crippen LogP contribution < -0.4 is 10.6 Å². The number of rotatable bonds is 7. The van der Waals surface area contributed by atoms with Crippen molar-refractivity contribution < 1.29 is 9.90 Å². The molecule has 7 nitrogen and oxygen atoms in total. The Kier molecular flexibility index (Phi) is 6.03. The Labute approximate surface area is 147 Å². The summed E-state index contributed by atoms with van der Waals surface area (Å²) in [6.45, 7) is 3.88. The molecule has 0 spiro atoms. The van der Waals surface area contributed by atoms with Crippen LogP contribution in [0.2, 0.25) is 0 Å². The van der Waals surface area contributed by atoms with E-state index in [-0.39, 0.29) is 12.6 Å². The van der Waals surface area contributed by atoms with Crippen molar-refractivity contribution in [3.8, 4) is 0 Å². The first-order valence-corrected chi connectivity index (χ1v) is 8.75. The summed E-state index contributed by atoms with van der Waals surface area (Å²) >= 11 is 0. The lowest BCUT2D eigenvalue weighted by Crippen LogP contribution is -2.22. The van der Waals surface area contributed by atoms with Gasteiger partial charge in [0, 0.05) is 18.4 Å². The molecule has 1 aromatic heterocycles. The van der Waals surface area contributed by atoms with Crippen LogP contribution >= 0.6 is 0 Å². The van der Waals surface area contributed by atoms with Gasteiger partial charge in [-0.3, -0.25) is 4.68 Å². The highest BCUT2D eigenvalue weighted by Crippen LogP contribution is 2.14. The van der Waals surface area contributed by atoms with Crippen molar-refractivity contribution in [2.24, 2.45) is 0 Å². The molecule has 1 saturated heterocycles. The quantitative estimate of drug-likeness (QED) is 0.719. The number of amides is 2. The Morgan fingerprint density at radius 3 is 2.76 bits per heavy atom. The Bertz CT molecular complexity index is 694. The molecular weight excluding hydrogens is 318 g/mol. The van der Waals surface area contributed by atoms with Gasteiger partial charge in [-0.25, -0.2) is 4.79 Å². The van der Waals surface area contributed by atoms with Crippen LogP contribution in [0.25, 0.3) is 0 Å². The molecule has 0 aliphatic carbocycles. The molecule has 3 N–H and O–H groups in total. The Morgan fingerprint density at radius 2 is 1.96 bits per heavy atom. The number of anilines is 2. The van der Waals surface area contributed by atoms with Crippen molar-refractivity contribution >= 4 is 17.4 Å². The normalized spacial score (nSPS) is 14.6. The third-order valence-electron chi connectivity index (χ3n) is 4.32. The van der Waals surface area contributed by atoms with Crippen molar-refractivity contribution in [1.29, 1.82) is 0 Å². The highest BCUT2D eigenvalue weighted by molar-refractivity contribution is 5.99. The minimum Gasteiger partial charge on any atom is -0.394 e. The summed E-state index contributed by atoms with van der Waals surface area (Å²) in [7, 11) is 0. The van der Waals surface area contributed by atoms with Crippen LogP contribution in [0.15, 0.2) is 36.7 Å². The van der Waals surface area contributed by atoms with Crippen LogP contribution in [0.5, 0.6) is 0 Å². The smallest absolute Gasteiger partial charge is 0.323 e. The fourth-order valence-corrected chi connectivity index (χ4v) is 3.04. The fraction of sp³-hybridized carbons (Fsp3) is 0.444. The molecule has 0 bridgehead atoms. The summed E-state index contributed by atoms with van der Waals surface area (Å²) in [5.41, 5.74) is 2.59. The zero-order valence-corrected chi connectivity index (χ0v) is 14.3. The standard InChI is InChI=1S/C18H25N5O2/c24-11-10-23-14-17(13-19-23)21-18(25)20-16-5-3-4-15(12-16)6-9-22-7-1-2-8-22/h3-5,12-14,24H,1-2,6-11H2,(H2,20,21,25). The molecule has 1 fully saturated rings. The minimum absolute atomic E-state index is 0.0114. The summed E-state index contributed by atoms with van der Waals surface area (Å²) in [5.74, 6) is 0. The monoisotopic (exact) mass is 343 g/mol. The van der Waals surface area contributed by atoms with Crippen LogP contribution in [0.4, 0.5) is 16.2 Å². The number of benzene rings is 1. The molecule has 1 aliphatic rings. The number of aliphatic hydroxyl groups is 1. The lowest BCUT2D eigenvalue weighted by molar-refractivity contribution is 0.262. The molecule has 2 heterocycles. The van der Waals surface area contributed by atoms with Crippen LogP contribution in [-0.2, 0) is 13.0 Å². The number of likely N-dealkylation sites (tertiary alicyclic amines) is 1. The van der Waals surface area contributed by atoms with Gasteiger partial charge in [-0.1, -0.05) is 12.1 Å². The van der Waals surface area contributed by atoms with Gasteiger partial charge >= 0.3 is 6.03 Å². The largest absolute Gasteiger partial charge is 0.394 e. The number of aliphatic hydroxyl groups excluding tert-OH is 1. The Balaban J connectivity index is 1.50. The topological polar surface area (TPSA) is 82.4 Å². The van der Waals surface area contributed by atoms with Crippen molar-refractivity contribution in [3.05, 3.63) is 42.2 Å². The lowest BCUT2D eigenvalue weighted by atomic mass is 10.1. The maximum absolute atomic E-state index is 12.1. The zero-order chi connectivity index (χ0) is 17.5. The molecule has 7 heteroatoms. The number of carbonyl (C=O) groups excluding carboxylic acids is 1. The van der Waals surface area contributed by atoms with Gasteiger partial charge in [0.15, 0.2) is 0 Å². The highest BCUT2D eigenvalue weighted by atomic mass is 16.3. The first kappa shape index (κ1) is 17.4. The molecule has 0 unspecified atom stereocenters. The average molecular weight is 343 g/mol. The van der Waals surface area contributed by atoms with E-state index in [2.05, 4.69) is 26.7 Å². The number of carbonyl (C=O) groups is 1. The number of hydrogen-bond donors (Lipinski definition) is 3. The highest BCUT2D eigenvalue weighted by Gasteiger charge is 2.11. The van der Waals surface area contributed by atoms with E-state index in [0.717, 1.165) is 18.7 Å². The number of aromatic nitrogens is 2. The number of hydrogen-bond acceptors (Lipinski definition) is 4. The van der Waals surface area contributed by atoms with Gasteiger partial charge < -0.3 is 20.6 Å². The van der Waals surface area contributed by atoms with Crippen LogP contribution in [-0.4, -0.2) is 52.1 Å². The van der Waals surface area contributed by atoms with Gasteiger partial charge in [0.05, 0.1) is 25.0 Å². The van der Waals surface area contributed by atoms with Gasteiger partial charge in [-0.05, 0) is 50.0 Å². The summed E-state index contributed by atoms with van der Waals surface area (Å²) in [6, 6.07) is 7.66. The molecule has 134 valence electrons. The second-order valence-corrected chi connectivity index (χ2v) is 6.29. The van der Waals surface area contributed by atoms with Gasteiger partial charge in [0.1, 0.15) is 0 Å². The molecule has 2 amide bonds. The van der Waals surface area contributed by atoms with Crippen LogP contribution in [0, 0.1) is 0 Å². The fourth-order valence-electron chi connectivity index (χ4n) is 3.04. The summed E-state index contributed by atoms with van der Waals surface area (Å²) in [5, 5.41) is 18.5. The minimum atomic E-state index is -0.305. The van der Waals surface area contributed by atoms with Gasteiger partial charge in [-0.15, -0.1) is 0 Å². The maximum Gasteiger partial charge on any atom is 0.323 e. The molecule has 3 rings (SSSR count).